The first kappa shape index (κ1) is 13.9. The van der Waals surface area contributed by atoms with Crippen LogP contribution in [0.2, 0.25) is 0 Å². The molecule has 86 valence electrons. The molecule has 0 fully saturated rings. The highest BCUT2D eigenvalue weighted by Gasteiger charge is 2.11. The monoisotopic (exact) mass is 212 g/mol. The van der Waals surface area contributed by atoms with E-state index in [1.165, 1.54) is 0 Å². The summed E-state index contributed by atoms with van der Waals surface area (Å²) in [6.45, 7) is 7.73. The zero-order valence-electron chi connectivity index (χ0n) is 9.82. The lowest BCUT2D eigenvalue weighted by Gasteiger charge is -2.24. The SMILES string of the molecule is CCOC(=O)CCN(CCC#N)C(C)C. The van der Waals surface area contributed by atoms with Crippen LogP contribution in [0.1, 0.15) is 33.6 Å². The molecule has 0 amide bonds. The van der Waals surface area contributed by atoms with Crippen LogP contribution in [-0.4, -0.2) is 36.6 Å². The number of hydrogen-bond donors (Lipinski definition) is 0. The van der Waals surface area contributed by atoms with Gasteiger partial charge in [0.25, 0.3) is 0 Å². The maximum absolute atomic E-state index is 11.1. The maximum Gasteiger partial charge on any atom is 0.307 e. The van der Waals surface area contributed by atoms with E-state index in [1.54, 1.807) is 6.92 Å². The third-order valence-corrected chi connectivity index (χ3v) is 2.15. The van der Waals surface area contributed by atoms with Crippen molar-refractivity contribution < 1.29 is 9.53 Å². The molecule has 0 saturated carbocycles. The van der Waals surface area contributed by atoms with E-state index in [0.29, 0.717) is 38.6 Å². The minimum atomic E-state index is -0.167. The van der Waals surface area contributed by atoms with Gasteiger partial charge in [-0.25, -0.2) is 0 Å². The molecule has 0 aliphatic heterocycles. The van der Waals surface area contributed by atoms with Crippen molar-refractivity contribution in [3.05, 3.63) is 0 Å². The summed E-state index contributed by atoms with van der Waals surface area (Å²) in [6.07, 6.45) is 0.901. The second-order valence-electron chi connectivity index (χ2n) is 3.59. The Morgan fingerprint density at radius 1 is 1.47 bits per heavy atom. The fraction of sp³-hybridized carbons (Fsp3) is 0.818. The van der Waals surface area contributed by atoms with Gasteiger partial charge in [0, 0.05) is 25.6 Å². The number of rotatable bonds is 7. The van der Waals surface area contributed by atoms with Crippen molar-refractivity contribution in [2.75, 3.05) is 19.7 Å². The minimum Gasteiger partial charge on any atom is -0.466 e. The molecule has 0 rings (SSSR count). The molecule has 0 aliphatic rings. The molecule has 0 spiro atoms. The summed E-state index contributed by atoms with van der Waals surface area (Å²) < 4.78 is 4.85. The van der Waals surface area contributed by atoms with Crippen LogP contribution in [0.15, 0.2) is 0 Å². The zero-order valence-corrected chi connectivity index (χ0v) is 9.82. The van der Waals surface area contributed by atoms with Crippen molar-refractivity contribution in [2.24, 2.45) is 0 Å². The molecule has 0 heterocycles. The van der Waals surface area contributed by atoms with Crippen molar-refractivity contribution in [3.63, 3.8) is 0 Å². The van der Waals surface area contributed by atoms with Crippen molar-refractivity contribution >= 4 is 5.97 Å². The average molecular weight is 212 g/mol. The topological polar surface area (TPSA) is 53.3 Å². The molecule has 0 unspecified atom stereocenters. The molecule has 0 aromatic heterocycles. The van der Waals surface area contributed by atoms with Crippen LogP contribution in [-0.2, 0) is 9.53 Å². The van der Waals surface area contributed by atoms with E-state index < -0.39 is 0 Å². The van der Waals surface area contributed by atoms with Gasteiger partial charge in [-0.2, -0.15) is 5.26 Å². The molecular formula is C11H20N2O2. The Hall–Kier alpha value is -1.08. The molecule has 0 N–H and O–H groups in total. The summed E-state index contributed by atoms with van der Waals surface area (Å²) in [5.41, 5.74) is 0. The van der Waals surface area contributed by atoms with Gasteiger partial charge in [-0.3, -0.25) is 9.69 Å². The van der Waals surface area contributed by atoms with Crippen LogP contribution in [0, 0.1) is 11.3 Å². The Labute approximate surface area is 91.8 Å². The molecule has 0 aromatic carbocycles. The number of esters is 1. The number of nitriles is 1. The lowest BCUT2D eigenvalue weighted by molar-refractivity contribution is -0.143. The third kappa shape index (κ3) is 6.92. The van der Waals surface area contributed by atoms with Gasteiger partial charge in [-0.05, 0) is 20.8 Å². The normalized spacial score (nSPS) is 10.4. The van der Waals surface area contributed by atoms with Crippen LogP contribution < -0.4 is 0 Å². The van der Waals surface area contributed by atoms with Crippen molar-refractivity contribution in [1.82, 2.24) is 4.90 Å². The van der Waals surface area contributed by atoms with Crippen LogP contribution in [0.5, 0.6) is 0 Å². The number of nitrogens with zero attached hydrogens (tertiary/aromatic N) is 2. The largest absolute Gasteiger partial charge is 0.466 e. The van der Waals surface area contributed by atoms with Gasteiger partial charge in [0.15, 0.2) is 0 Å². The maximum atomic E-state index is 11.1. The summed E-state index contributed by atoms with van der Waals surface area (Å²) in [6, 6.07) is 2.46. The fourth-order valence-corrected chi connectivity index (χ4v) is 1.29. The fourth-order valence-electron chi connectivity index (χ4n) is 1.29. The molecular weight excluding hydrogens is 192 g/mol. The summed E-state index contributed by atoms with van der Waals surface area (Å²) in [5, 5.41) is 8.49. The Balaban J connectivity index is 3.86. The summed E-state index contributed by atoms with van der Waals surface area (Å²) in [5.74, 6) is -0.167. The molecule has 0 saturated heterocycles. The van der Waals surface area contributed by atoms with Gasteiger partial charge in [0.05, 0.1) is 19.1 Å². The standard InChI is InChI=1S/C11H20N2O2/c1-4-15-11(14)6-9-13(10(2)3)8-5-7-12/h10H,4-6,8-9H2,1-3H3. The van der Waals surface area contributed by atoms with Gasteiger partial charge in [-0.1, -0.05) is 0 Å². The molecule has 0 aromatic rings. The average Bonchev–Trinajstić information content (AvgIpc) is 2.17. The van der Waals surface area contributed by atoms with E-state index >= 15 is 0 Å². The second-order valence-corrected chi connectivity index (χ2v) is 3.59. The third-order valence-electron chi connectivity index (χ3n) is 2.15. The first-order valence-electron chi connectivity index (χ1n) is 5.38. The quantitative estimate of drug-likeness (QED) is 0.601. The highest BCUT2D eigenvalue weighted by atomic mass is 16.5. The Kier molecular flexibility index (Phi) is 7.65. The zero-order chi connectivity index (χ0) is 11.7. The molecule has 15 heavy (non-hydrogen) atoms. The van der Waals surface area contributed by atoms with E-state index in [1.807, 2.05) is 0 Å². The predicted molar refractivity (Wildman–Crippen MR) is 58.2 cm³/mol. The summed E-state index contributed by atoms with van der Waals surface area (Å²) in [4.78, 5) is 13.2. The van der Waals surface area contributed by atoms with E-state index in [4.69, 9.17) is 10.00 Å². The smallest absolute Gasteiger partial charge is 0.307 e. The number of hydrogen-bond acceptors (Lipinski definition) is 4. The number of carbonyl (C=O) groups is 1. The van der Waals surface area contributed by atoms with Crippen molar-refractivity contribution in [1.29, 1.82) is 5.26 Å². The number of carbonyl (C=O) groups excluding carboxylic acids is 1. The molecule has 4 heteroatoms. The van der Waals surface area contributed by atoms with Crippen molar-refractivity contribution in [3.8, 4) is 6.07 Å². The summed E-state index contributed by atoms with van der Waals surface area (Å²) >= 11 is 0. The predicted octanol–water partition coefficient (Wildman–Crippen LogP) is 1.56. The van der Waals surface area contributed by atoms with E-state index in [9.17, 15) is 4.79 Å². The second kappa shape index (κ2) is 8.25. The van der Waals surface area contributed by atoms with Crippen LogP contribution in [0.4, 0.5) is 0 Å². The highest BCUT2D eigenvalue weighted by Crippen LogP contribution is 2.01. The van der Waals surface area contributed by atoms with E-state index in [2.05, 4.69) is 24.8 Å². The molecule has 0 aliphatic carbocycles. The van der Waals surface area contributed by atoms with Crippen molar-refractivity contribution in [2.45, 2.75) is 39.7 Å². The molecule has 0 atom stereocenters. The minimum absolute atomic E-state index is 0.167. The molecule has 4 nitrogen and oxygen atoms in total. The van der Waals surface area contributed by atoms with Gasteiger partial charge in [0.1, 0.15) is 0 Å². The van der Waals surface area contributed by atoms with Crippen LogP contribution >= 0.6 is 0 Å². The Bertz CT molecular complexity index is 221. The molecule has 0 bridgehead atoms. The highest BCUT2D eigenvalue weighted by molar-refractivity contribution is 5.69. The summed E-state index contributed by atoms with van der Waals surface area (Å²) in [7, 11) is 0. The van der Waals surface area contributed by atoms with Gasteiger partial charge >= 0.3 is 5.97 Å². The first-order valence-corrected chi connectivity index (χ1v) is 5.38. The van der Waals surface area contributed by atoms with Gasteiger partial charge in [0.2, 0.25) is 0 Å². The van der Waals surface area contributed by atoms with E-state index in [-0.39, 0.29) is 5.97 Å². The first-order chi connectivity index (χ1) is 7.11. The number of ether oxygens (including phenoxy) is 1. The van der Waals surface area contributed by atoms with Crippen LogP contribution in [0.3, 0.4) is 0 Å². The Morgan fingerprint density at radius 2 is 2.13 bits per heavy atom. The van der Waals surface area contributed by atoms with E-state index in [0.717, 1.165) is 0 Å². The lowest BCUT2D eigenvalue weighted by atomic mass is 10.2. The Morgan fingerprint density at radius 3 is 2.60 bits per heavy atom. The van der Waals surface area contributed by atoms with Crippen LogP contribution in [0.25, 0.3) is 0 Å². The van der Waals surface area contributed by atoms with Gasteiger partial charge < -0.3 is 4.74 Å². The van der Waals surface area contributed by atoms with Gasteiger partial charge in [-0.15, -0.1) is 0 Å². The lowest BCUT2D eigenvalue weighted by Crippen LogP contribution is -2.33. The molecule has 0 radical (unpaired) electrons.